The first-order valence-corrected chi connectivity index (χ1v) is 13.4. The first-order valence-electron chi connectivity index (χ1n) is 11.5. The number of fused-ring (bicyclic) bond motifs is 1. The van der Waals surface area contributed by atoms with Crippen molar-refractivity contribution in [3.8, 4) is 5.75 Å². The Balaban J connectivity index is 1.34. The third-order valence-corrected chi connectivity index (χ3v) is 8.81. The Morgan fingerprint density at radius 1 is 1.30 bits per heavy atom. The van der Waals surface area contributed by atoms with Crippen LogP contribution in [0, 0.1) is 11.8 Å². The van der Waals surface area contributed by atoms with Gasteiger partial charge < -0.3 is 20.0 Å². The van der Waals surface area contributed by atoms with Gasteiger partial charge in [0.05, 0.1) is 22.9 Å². The topological polar surface area (TPSA) is 77.9 Å². The number of aliphatic hydroxyl groups excluding tert-OH is 1. The van der Waals surface area contributed by atoms with E-state index in [9.17, 15) is 10.3 Å². The predicted octanol–water partition coefficient (Wildman–Crippen LogP) is 4.83. The van der Waals surface area contributed by atoms with Crippen LogP contribution in [0.4, 0.5) is 0 Å². The van der Waals surface area contributed by atoms with Crippen LogP contribution in [0.5, 0.6) is 5.75 Å². The highest BCUT2D eigenvalue weighted by Gasteiger charge is 2.29. The van der Waals surface area contributed by atoms with Crippen molar-refractivity contribution in [3.05, 3.63) is 53.5 Å². The average Bonchev–Trinajstić information content (AvgIpc) is 3.38. The van der Waals surface area contributed by atoms with Gasteiger partial charge in [0.25, 0.3) is 0 Å². The number of nitrogens with zero attached hydrogens (tertiary/aromatic N) is 2. The van der Waals surface area contributed by atoms with E-state index >= 15 is 0 Å². The van der Waals surface area contributed by atoms with Crippen LogP contribution in [0.15, 0.2) is 52.2 Å². The summed E-state index contributed by atoms with van der Waals surface area (Å²) in [4.78, 5) is 6.94. The number of hydroxylamine groups is 1. The molecule has 33 heavy (non-hydrogen) atoms. The number of hydrogen-bond donors (Lipinski definition) is 3. The maximum atomic E-state index is 10.1. The van der Waals surface area contributed by atoms with Crippen molar-refractivity contribution >= 4 is 34.0 Å². The summed E-state index contributed by atoms with van der Waals surface area (Å²) < 4.78 is 6.76. The van der Waals surface area contributed by atoms with E-state index in [4.69, 9.17) is 4.74 Å². The van der Waals surface area contributed by atoms with Crippen LogP contribution in [0.1, 0.15) is 30.9 Å². The minimum absolute atomic E-state index is 0.192. The summed E-state index contributed by atoms with van der Waals surface area (Å²) in [5.74, 6) is 2.59. The summed E-state index contributed by atoms with van der Waals surface area (Å²) in [6, 6.07) is 11.9. The molecule has 0 bridgehead atoms. The van der Waals surface area contributed by atoms with E-state index in [2.05, 4.69) is 32.9 Å². The van der Waals surface area contributed by atoms with Crippen molar-refractivity contribution in [1.82, 2.24) is 15.4 Å². The fraction of sp³-hybridized carbons (Fsp3) is 0.480. The number of thiophene rings is 1. The lowest BCUT2D eigenvalue weighted by Crippen LogP contribution is -2.43. The summed E-state index contributed by atoms with van der Waals surface area (Å²) in [6.07, 6.45) is 4.62. The van der Waals surface area contributed by atoms with Crippen LogP contribution >= 0.6 is 23.1 Å². The number of thioether (sulfide) groups is 1. The van der Waals surface area contributed by atoms with E-state index in [0.29, 0.717) is 5.92 Å². The highest BCUT2D eigenvalue weighted by atomic mass is 32.2. The van der Waals surface area contributed by atoms with Crippen LogP contribution in [-0.4, -0.2) is 59.3 Å². The third kappa shape index (κ3) is 6.26. The van der Waals surface area contributed by atoms with Gasteiger partial charge in [0, 0.05) is 37.0 Å². The van der Waals surface area contributed by atoms with Crippen molar-refractivity contribution in [3.63, 3.8) is 0 Å². The van der Waals surface area contributed by atoms with Gasteiger partial charge in [-0.25, -0.2) is 0 Å². The van der Waals surface area contributed by atoms with Crippen molar-refractivity contribution in [2.75, 3.05) is 39.1 Å². The maximum Gasteiger partial charge on any atom is 0.119 e. The number of aromatic nitrogens is 1. The number of likely N-dealkylation sites (tertiary alicyclic amines) is 1. The van der Waals surface area contributed by atoms with Gasteiger partial charge in [-0.1, -0.05) is 6.07 Å². The molecule has 3 N–H and O–H groups in total. The Labute approximate surface area is 203 Å². The molecule has 3 heterocycles. The molecule has 4 rings (SSSR count). The first-order chi connectivity index (χ1) is 16.2. The quantitative estimate of drug-likeness (QED) is 0.264. The highest BCUT2D eigenvalue weighted by Crippen LogP contribution is 2.33. The number of piperidine rings is 1. The van der Waals surface area contributed by atoms with Crippen LogP contribution in [0.25, 0.3) is 10.9 Å². The van der Waals surface area contributed by atoms with Crippen molar-refractivity contribution in [2.45, 2.75) is 29.5 Å². The zero-order chi connectivity index (χ0) is 23.0. The summed E-state index contributed by atoms with van der Waals surface area (Å²) in [5, 5.41) is 23.2. The Morgan fingerprint density at radius 2 is 2.21 bits per heavy atom. The average molecular weight is 488 g/mol. The van der Waals surface area contributed by atoms with Gasteiger partial charge in [0.1, 0.15) is 5.75 Å². The third-order valence-electron chi connectivity index (χ3n) is 6.70. The van der Waals surface area contributed by atoms with Gasteiger partial charge in [0.15, 0.2) is 0 Å². The van der Waals surface area contributed by atoms with Gasteiger partial charge in [-0.05, 0) is 78.9 Å². The Morgan fingerprint density at radius 3 is 2.97 bits per heavy atom. The lowest BCUT2D eigenvalue weighted by atomic mass is 9.81. The van der Waals surface area contributed by atoms with E-state index in [0.717, 1.165) is 66.9 Å². The van der Waals surface area contributed by atoms with E-state index in [1.807, 2.05) is 36.0 Å². The van der Waals surface area contributed by atoms with E-state index in [1.165, 1.54) is 4.21 Å². The molecule has 0 unspecified atom stereocenters. The maximum absolute atomic E-state index is 10.1. The number of aliphatic hydroxyl groups is 1. The largest absolute Gasteiger partial charge is 0.497 e. The molecule has 1 aromatic carbocycles. The number of hydrogen-bond acceptors (Lipinski definition) is 8. The molecule has 0 spiro atoms. The standard InChI is InChI=1S/C25H33N3O3S2/c1-31-20-5-7-23-22(15-20)21(8-10-26-23)24(27-30)6-4-18-9-11-28(16-19(18)17-29)12-14-33-25-3-2-13-32-25/h2-3,5,7-8,10,13,15,18-19,24,27,29-30H,4,6,9,11-12,14,16-17H2,1H3/t18-,19-,24-/m1/s1. The second kappa shape index (κ2) is 12.1. The van der Waals surface area contributed by atoms with Crippen LogP contribution < -0.4 is 10.2 Å². The van der Waals surface area contributed by atoms with Gasteiger partial charge in [-0.2, -0.15) is 5.48 Å². The summed E-state index contributed by atoms with van der Waals surface area (Å²) in [7, 11) is 1.65. The summed E-state index contributed by atoms with van der Waals surface area (Å²) in [5.41, 5.74) is 4.43. The van der Waals surface area contributed by atoms with Crippen molar-refractivity contribution in [2.24, 2.45) is 11.8 Å². The fourth-order valence-electron chi connectivity index (χ4n) is 4.81. The predicted molar refractivity (Wildman–Crippen MR) is 135 cm³/mol. The number of pyridine rings is 1. The Bertz CT molecular complexity index is 1000. The second-order valence-corrected chi connectivity index (χ2v) is 11.0. The molecule has 0 saturated carbocycles. The molecular formula is C25H33N3O3S2. The molecule has 3 aromatic rings. The molecule has 3 atom stereocenters. The van der Waals surface area contributed by atoms with Gasteiger partial charge in [0.2, 0.25) is 0 Å². The summed E-state index contributed by atoms with van der Waals surface area (Å²) >= 11 is 3.71. The van der Waals surface area contributed by atoms with E-state index in [-0.39, 0.29) is 18.6 Å². The van der Waals surface area contributed by atoms with Gasteiger partial charge in [-0.15, -0.1) is 23.1 Å². The molecule has 178 valence electrons. The number of ether oxygens (including phenoxy) is 1. The number of rotatable bonds is 11. The molecule has 1 saturated heterocycles. The van der Waals surface area contributed by atoms with Crippen LogP contribution in [-0.2, 0) is 0 Å². The monoisotopic (exact) mass is 487 g/mol. The van der Waals surface area contributed by atoms with Crippen LogP contribution in [0.3, 0.4) is 0 Å². The highest BCUT2D eigenvalue weighted by molar-refractivity contribution is 8.01. The molecule has 1 aliphatic heterocycles. The molecule has 8 heteroatoms. The molecule has 0 amide bonds. The smallest absolute Gasteiger partial charge is 0.119 e. The molecule has 0 radical (unpaired) electrons. The second-order valence-electron chi connectivity index (χ2n) is 8.61. The lowest BCUT2D eigenvalue weighted by molar-refractivity contribution is 0.0626. The van der Waals surface area contributed by atoms with Gasteiger partial charge >= 0.3 is 0 Å². The van der Waals surface area contributed by atoms with E-state index in [1.54, 1.807) is 24.6 Å². The molecule has 2 aromatic heterocycles. The van der Waals surface area contributed by atoms with Crippen molar-refractivity contribution in [1.29, 1.82) is 0 Å². The number of methoxy groups -OCH3 is 1. The van der Waals surface area contributed by atoms with E-state index < -0.39 is 0 Å². The fourth-order valence-corrected chi connectivity index (χ4v) is 6.68. The molecule has 1 fully saturated rings. The van der Waals surface area contributed by atoms with Gasteiger partial charge in [-0.3, -0.25) is 4.98 Å². The van der Waals surface area contributed by atoms with Crippen LogP contribution in [0.2, 0.25) is 0 Å². The molecular weight excluding hydrogens is 454 g/mol. The molecule has 0 aliphatic carbocycles. The SMILES string of the molecule is COc1ccc2nccc([C@@H](CC[C@@H]3CCN(CCSc4cccs4)C[C@@H]3CO)NO)c2c1. The number of nitrogens with one attached hydrogen (secondary N) is 1. The zero-order valence-electron chi connectivity index (χ0n) is 19.0. The normalized spacial score (nSPS) is 20.2. The molecule has 1 aliphatic rings. The Kier molecular flexibility index (Phi) is 9.00. The first kappa shape index (κ1) is 24.4. The summed E-state index contributed by atoms with van der Waals surface area (Å²) in [6.45, 7) is 3.28. The number of benzene rings is 1. The minimum atomic E-state index is -0.192. The lowest BCUT2D eigenvalue weighted by Gasteiger charge is -2.38. The van der Waals surface area contributed by atoms with Crippen molar-refractivity contribution < 1.29 is 15.1 Å². The Hall–Kier alpha value is -1.68. The minimum Gasteiger partial charge on any atom is -0.497 e. The molecule has 6 nitrogen and oxygen atoms in total. The zero-order valence-corrected chi connectivity index (χ0v) is 20.7.